The summed E-state index contributed by atoms with van der Waals surface area (Å²) in [6, 6.07) is 12.5. The fraction of sp³-hybridized carbons (Fsp3) is 0.100. The van der Waals surface area contributed by atoms with E-state index in [2.05, 4.69) is 5.32 Å². The second kappa shape index (κ2) is 7.46. The molecule has 132 valence electrons. The van der Waals surface area contributed by atoms with Crippen molar-refractivity contribution in [1.29, 1.82) is 0 Å². The molecule has 0 radical (unpaired) electrons. The van der Waals surface area contributed by atoms with Crippen molar-refractivity contribution in [1.82, 2.24) is 0 Å². The third kappa shape index (κ3) is 3.73. The van der Waals surface area contributed by atoms with E-state index in [9.17, 15) is 14.7 Å². The van der Waals surface area contributed by atoms with Crippen LogP contribution in [-0.2, 0) is 15.2 Å². The SMILES string of the molecule is O=C(C=CC=Cc1ccccc1)CC1(O)C(=O)Nc2cc(Cl)cc(Cl)c21. The molecule has 0 saturated heterocycles. The molecule has 4 nitrogen and oxygen atoms in total. The van der Waals surface area contributed by atoms with E-state index >= 15 is 0 Å². The lowest BCUT2D eigenvalue weighted by molar-refractivity contribution is -0.138. The average Bonchev–Trinajstić information content (AvgIpc) is 2.82. The van der Waals surface area contributed by atoms with E-state index in [-0.39, 0.29) is 10.6 Å². The zero-order chi connectivity index (χ0) is 18.7. The Labute approximate surface area is 160 Å². The molecule has 1 amide bonds. The Morgan fingerprint density at radius 3 is 2.62 bits per heavy atom. The van der Waals surface area contributed by atoms with Crippen LogP contribution in [0.4, 0.5) is 5.69 Å². The van der Waals surface area contributed by atoms with Gasteiger partial charge in [0.25, 0.3) is 5.91 Å². The van der Waals surface area contributed by atoms with E-state index in [1.165, 1.54) is 18.2 Å². The van der Waals surface area contributed by atoms with Crippen molar-refractivity contribution in [3.05, 3.63) is 81.9 Å². The van der Waals surface area contributed by atoms with Crippen molar-refractivity contribution in [3.63, 3.8) is 0 Å². The van der Waals surface area contributed by atoms with E-state index in [0.29, 0.717) is 10.7 Å². The van der Waals surface area contributed by atoms with Crippen LogP contribution in [0.2, 0.25) is 10.0 Å². The van der Waals surface area contributed by atoms with Crippen LogP contribution in [0.15, 0.2) is 60.7 Å². The molecule has 0 spiro atoms. The number of nitrogens with one attached hydrogen (secondary N) is 1. The van der Waals surface area contributed by atoms with E-state index in [1.807, 2.05) is 36.4 Å². The van der Waals surface area contributed by atoms with Crippen molar-refractivity contribution in [2.75, 3.05) is 5.32 Å². The van der Waals surface area contributed by atoms with Crippen LogP contribution in [0, 0.1) is 0 Å². The Kier molecular flexibility index (Phi) is 5.28. The van der Waals surface area contributed by atoms with Gasteiger partial charge in [0, 0.05) is 10.6 Å². The van der Waals surface area contributed by atoms with E-state index < -0.39 is 23.7 Å². The number of hydrogen-bond acceptors (Lipinski definition) is 3. The summed E-state index contributed by atoms with van der Waals surface area (Å²) in [5, 5.41) is 13.8. The highest BCUT2D eigenvalue weighted by Gasteiger charge is 2.48. The van der Waals surface area contributed by atoms with Crippen molar-refractivity contribution >= 4 is 46.7 Å². The number of rotatable bonds is 5. The highest BCUT2D eigenvalue weighted by atomic mass is 35.5. The van der Waals surface area contributed by atoms with Gasteiger partial charge in [0.2, 0.25) is 0 Å². The summed E-state index contributed by atoms with van der Waals surface area (Å²) in [6.45, 7) is 0. The van der Waals surface area contributed by atoms with E-state index in [4.69, 9.17) is 23.2 Å². The number of hydrogen-bond donors (Lipinski definition) is 2. The first-order valence-corrected chi connectivity index (χ1v) is 8.62. The van der Waals surface area contributed by atoms with Crippen molar-refractivity contribution in [2.24, 2.45) is 0 Å². The standard InChI is InChI=1S/C20H15Cl2NO3/c21-14-10-16(22)18-17(11-14)23-19(25)20(18,26)12-15(24)9-5-4-8-13-6-2-1-3-7-13/h1-11,26H,12H2,(H,23,25). The van der Waals surface area contributed by atoms with E-state index in [0.717, 1.165) is 5.56 Å². The maximum atomic E-state index is 12.2. The highest BCUT2D eigenvalue weighted by Crippen LogP contribution is 2.44. The number of carbonyl (C=O) groups is 2. The number of aliphatic hydroxyl groups is 1. The molecule has 1 heterocycles. The zero-order valence-corrected chi connectivity index (χ0v) is 15.1. The van der Waals surface area contributed by atoms with Gasteiger partial charge in [0.05, 0.1) is 17.1 Å². The number of anilines is 1. The number of allylic oxidation sites excluding steroid dienone is 3. The summed E-state index contributed by atoms with van der Waals surface area (Å²) in [6.07, 6.45) is 6.02. The number of benzene rings is 2. The van der Waals surface area contributed by atoms with Crippen LogP contribution >= 0.6 is 23.2 Å². The Morgan fingerprint density at radius 1 is 1.15 bits per heavy atom. The fourth-order valence-corrected chi connectivity index (χ4v) is 3.45. The topological polar surface area (TPSA) is 66.4 Å². The molecule has 1 aliphatic rings. The van der Waals surface area contributed by atoms with Crippen molar-refractivity contribution < 1.29 is 14.7 Å². The number of carbonyl (C=O) groups excluding carboxylic acids is 2. The van der Waals surface area contributed by atoms with E-state index in [1.54, 1.807) is 12.2 Å². The van der Waals surface area contributed by atoms with Crippen LogP contribution < -0.4 is 5.32 Å². The van der Waals surface area contributed by atoms with Crippen LogP contribution in [-0.4, -0.2) is 16.8 Å². The first-order chi connectivity index (χ1) is 12.4. The number of fused-ring (bicyclic) bond motifs is 1. The molecule has 1 unspecified atom stereocenters. The summed E-state index contributed by atoms with van der Waals surface area (Å²) >= 11 is 12.0. The lowest BCUT2D eigenvalue weighted by atomic mass is 9.89. The quantitative estimate of drug-likeness (QED) is 0.591. The summed E-state index contributed by atoms with van der Waals surface area (Å²) in [5.74, 6) is -1.10. The van der Waals surface area contributed by atoms with Crippen LogP contribution in [0.1, 0.15) is 17.5 Å². The Hall–Kier alpha value is -2.40. The van der Waals surface area contributed by atoms with Gasteiger partial charge in [-0.2, -0.15) is 0 Å². The maximum absolute atomic E-state index is 12.2. The van der Waals surface area contributed by atoms with Gasteiger partial charge in [-0.1, -0.05) is 71.8 Å². The molecule has 1 atom stereocenters. The van der Waals surface area contributed by atoms with Gasteiger partial charge in [0.1, 0.15) is 0 Å². The summed E-state index contributed by atoms with van der Waals surface area (Å²) in [7, 11) is 0. The molecule has 0 bridgehead atoms. The van der Waals surface area contributed by atoms with Crippen LogP contribution in [0.5, 0.6) is 0 Å². The monoisotopic (exact) mass is 387 g/mol. The molecule has 0 aliphatic carbocycles. The second-order valence-electron chi connectivity index (χ2n) is 5.90. The number of ketones is 1. The molecule has 2 aromatic rings. The Morgan fingerprint density at radius 2 is 1.88 bits per heavy atom. The molecule has 6 heteroatoms. The largest absolute Gasteiger partial charge is 0.375 e. The minimum Gasteiger partial charge on any atom is -0.375 e. The molecule has 0 saturated carbocycles. The maximum Gasteiger partial charge on any atom is 0.261 e. The zero-order valence-electron chi connectivity index (χ0n) is 13.6. The minimum atomic E-state index is -2.01. The molecule has 26 heavy (non-hydrogen) atoms. The van der Waals surface area contributed by atoms with Gasteiger partial charge in [-0.25, -0.2) is 0 Å². The molecule has 2 aromatic carbocycles. The molecule has 2 N–H and O–H groups in total. The molecular weight excluding hydrogens is 373 g/mol. The van der Waals surface area contributed by atoms with Gasteiger partial charge < -0.3 is 10.4 Å². The van der Waals surface area contributed by atoms with Crippen LogP contribution in [0.25, 0.3) is 6.08 Å². The fourth-order valence-electron chi connectivity index (χ4n) is 2.81. The first kappa shape index (κ1) is 18.4. The smallest absolute Gasteiger partial charge is 0.261 e. The van der Waals surface area contributed by atoms with Gasteiger partial charge in [-0.05, 0) is 23.8 Å². The van der Waals surface area contributed by atoms with Gasteiger partial charge in [0.15, 0.2) is 11.4 Å². The Balaban J connectivity index is 1.74. The third-order valence-electron chi connectivity index (χ3n) is 4.00. The summed E-state index contributed by atoms with van der Waals surface area (Å²) < 4.78 is 0. The number of halogens is 2. The normalized spacial score (nSPS) is 19.1. The van der Waals surface area contributed by atoms with Crippen molar-refractivity contribution in [2.45, 2.75) is 12.0 Å². The highest BCUT2D eigenvalue weighted by molar-refractivity contribution is 6.36. The van der Waals surface area contributed by atoms with Gasteiger partial charge >= 0.3 is 0 Å². The minimum absolute atomic E-state index is 0.133. The molecular formula is C20H15Cl2NO3. The van der Waals surface area contributed by atoms with Crippen molar-refractivity contribution in [3.8, 4) is 0 Å². The van der Waals surface area contributed by atoms with Gasteiger partial charge in [-0.15, -0.1) is 0 Å². The lowest BCUT2D eigenvalue weighted by Gasteiger charge is -2.20. The second-order valence-corrected chi connectivity index (χ2v) is 6.74. The predicted octanol–water partition coefficient (Wildman–Crippen LogP) is 4.36. The molecule has 1 aliphatic heterocycles. The molecule has 0 fully saturated rings. The van der Waals surface area contributed by atoms with Crippen LogP contribution in [0.3, 0.4) is 0 Å². The average molecular weight is 388 g/mol. The Bertz CT molecular complexity index is 922. The lowest BCUT2D eigenvalue weighted by Crippen LogP contribution is -2.36. The summed E-state index contributed by atoms with van der Waals surface area (Å²) in [5.41, 5.74) is -0.524. The third-order valence-corrected chi connectivity index (χ3v) is 4.52. The molecule has 0 aromatic heterocycles. The first-order valence-electron chi connectivity index (χ1n) is 7.86. The summed E-state index contributed by atoms with van der Waals surface area (Å²) in [4.78, 5) is 24.4. The van der Waals surface area contributed by atoms with Gasteiger partial charge in [-0.3, -0.25) is 9.59 Å². The molecule has 3 rings (SSSR count). The number of amides is 1. The predicted molar refractivity (Wildman–Crippen MR) is 103 cm³/mol.